The summed E-state index contributed by atoms with van der Waals surface area (Å²) in [7, 11) is 0. The SMILES string of the molecule is C/C(=C\C(=O)ON(CCCCc1ccc(C)cc1)CCNCCN)CCC[C@H](C)CCC[C@H](C)CCCC(C)C. The van der Waals surface area contributed by atoms with Crippen molar-refractivity contribution in [3.8, 4) is 0 Å². The molecule has 3 N–H and O–H groups in total. The molecule has 5 heteroatoms. The molecule has 230 valence electrons. The van der Waals surface area contributed by atoms with Gasteiger partial charge in [0.1, 0.15) is 0 Å². The zero-order valence-corrected chi connectivity index (χ0v) is 27.0. The number of nitrogens with zero attached hydrogens (tertiary/aromatic N) is 1. The first-order chi connectivity index (χ1) is 19.2. The van der Waals surface area contributed by atoms with E-state index in [0.29, 0.717) is 13.1 Å². The van der Waals surface area contributed by atoms with Crippen LogP contribution in [0.2, 0.25) is 0 Å². The predicted molar refractivity (Wildman–Crippen MR) is 172 cm³/mol. The highest BCUT2D eigenvalue weighted by molar-refractivity contribution is 5.82. The Bertz CT molecular complexity index is 790. The fourth-order valence-electron chi connectivity index (χ4n) is 5.14. The number of hydrogen-bond acceptors (Lipinski definition) is 5. The first-order valence-corrected chi connectivity index (χ1v) is 16.3. The van der Waals surface area contributed by atoms with E-state index >= 15 is 0 Å². The van der Waals surface area contributed by atoms with Crippen molar-refractivity contribution in [3.05, 3.63) is 47.0 Å². The molecule has 0 bridgehead atoms. The summed E-state index contributed by atoms with van der Waals surface area (Å²) in [5.74, 6) is 2.17. The minimum absolute atomic E-state index is 0.255. The number of unbranched alkanes of at least 4 members (excludes halogenated alkanes) is 1. The van der Waals surface area contributed by atoms with Gasteiger partial charge in [0.05, 0.1) is 0 Å². The van der Waals surface area contributed by atoms with Gasteiger partial charge >= 0.3 is 5.97 Å². The van der Waals surface area contributed by atoms with Crippen molar-refractivity contribution in [2.24, 2.45) is 23.5 Å². The molecule has 0 aliphatic rings. The number of allylic oxidation sites excluding steroid dienone is 1. The fraction of sp³-hybridized carbons (Fsp3) is 0.743. The van der Waals surface area contributed by atoms with Gasteiger partial charge in [-0.3, -0.25) is 0 Å². The van der Waals surface area contributed by atoms with Gasteiger partial charge in [0.15, 0.2) is 0 Å². The van der Waals surface area contributed by atoms with Crippen LogP contribution in [0.25, 0.3) is 0 Å². The van der Waals surface area contributed by atoms with Crippen molar-refractivity contribution in [3.63, 3.8) is 0 Å². The maximum atomic E-state index is 12.7. The number of aryl methyl sites for hydroxylation is 2. The van der Waals surface area contributed by atoms with Gasteiger partial charge in [-0.2, -0.15) is 0 Å². The van der Waals surface area contributed by atoms with Crippen molar-refractivity contribution in [1.82, 2.24) is 10.4 Å². The molecule has 0 radical (unpaired) electrons. The van der Waals surface area contributed by atoms with Crippen molar-refractivity contribution in [1.29, 1.82) is 0 Å². The molecular formula is C35H63N3O2. The molecule has 0 heterocycles. The van der Waals surface area contributed by atoms with Crippen molar-refractivity contribution in [2.45, 2.75) is 119 Å². The van der Waals surface area contributed by atoms with E-state index in [0.717, 1.165) is 75.1 Å². The zero-order valence-electron chi connectivity index (χ0n) is 27.0. The molecule has 0 spiro atoms. The van der Waals surface area contributed by atoms with Crippen LogP contribution in [-0.2, 0) is 16.1 Å². The first kappa shape index (κ1) is 36.3. The maximum absolute atomic E-state index is 12.7. The molecule has 2 atom stereocenters. The standard InChI is InChI=1S/C35H63N3O2/c1-29(2)12-9-13-30(3)14-10-15-31(4)16-11-17-33(6)28-35(39)40-38(27-25-37-24-23-36)26-8-7-18-34-21-19-32(5)20-22-34/h19-22,28-31,37H,7-18,23-27,36H2,1-6H3/b33-28+/t30-,31-/m1/s1. The van der Waals surface area contributed by atoms with E-state index in [9.17, 15) is 4.79 Å². The van der Waals surface area contributed by atoms with E-state index in [2.05, 4.69) is 71.1 Å². The van der Waals surface area contributed by atoms with Crippen LogP contribution in [0.3, 0.4) is 0 Å². The van der Waals surface area contributed by atoms with Crippen molar-refractivity contribution >= 4 is 5.97 Å². The highest BCUT2D eigenvalue weighted by atomic mass is 16.7. The monoisotopic (exact) mass is 557 g/mol. The van der Waals surface area contributed by atoms with Gasteiger partial charge in [0.2, 0.25) is 0 Å². The number of hydroxylamine groups is 2. The summed E-state index contributed by atoms with van der Waals surface area (Å²) >= 11 is 0. The zero-order chi connectivity index (χ0) is 29.6. The Labute approximate surface area is 247 Å². The van der Waals surface area contributed by atoms with Crippen LogP contribution >= 0.6 is 0 Å². The number of nitrogens with two attached hydrogens (primary N) is 1. The van der Waals surface area contributed by atoms with Gasteiger partial charge in [-0.25, -0.2) is 4.79 Å². The Morgan fingerprint density at radius 1 is 0.875 bits per heavy atom. The minimum atomic E-state index is -0.255. The summed E-state index contributed by atoms with van der Waals surface area (Å²) in [5.41, 5.74) is 9.35. The van der Waals surface area contributed by atoms with Crippen LogP contribution in [0.4, 0.5) is 0 Å². The highest BCUT2D eigenvalue weighted by Crippen LogP contribution is 2.22. The van der Waals surface area contributed by atoms with Crippen LogP contribution in [0.5, 0.6) is 0 Å². The molecule has 5 nitrogen and oxygen atoms in total. The second-order valence-electron chi connectivity index (χ2n) is 12.7. The molecule has 0 fully saturated rings. The second-order valence-corrected chi connectivity index (χ2v) is 12.7. The number of carbonyl (C=O) groups excluding carboxylic acids is 1. The van der Waals surface area contributed by atoms with Gasteiger partial charge in [-0.05, 0) is 69.3 Å². The number of benzene rings is 1. The molecule has 0 saturated carbocycles. The first-order valence-electron chi connectivity index (χ1n) is 16.3. The Kier molecular flexibility index (Phi) is 20.8. The largest absolute Gasteiger partial charge is 0.364 e. The third-order valence-electron chi connectivity index (χ3n) is 7.83. The Morgan fingerprint density at radius 3 is 2.12 bits per heavy atom. The summed E-state index contributed by atoms with van der Waals surface area (Å²) in [6, 6.07) is 8.74. The summed E-state index contributed by atoms with van der Waals surface area (Å²) in [6.45, 7) is 17.1. The Morgan fingerprint density at radius 2 is 1.50 bits per heavy atom. The summed E-state index contributed by atoms with van der Waals surface area (Å²) in [4.78, 5) is 18.4. The molecule has 1 rings (SSSR count). The highest BCUT2D eigenvalue weighted by Gasteiger charge is 2.11. The fourth-order valence-corrected chi connectivity index (χ4v) is 5.14. The molecule has 1 aromatic rings. The molecule has 0 amide bonds. The summed E-state index contributed by atoms with van der Waals surface area (Å²) in [6.07, 6.45) is 16.2. The molecule has 0 unspecified atom stereocenters. The molecule has 0 saturated heterocycles. The number of rotatable bonds is 24. The van der Waals surface area contributed by atoms with Gasteiger partial charge in [0.25, 0.3) is 0 Å². The van der Waals surface area contributed by atoms with Crippen LogP contribution in [0, 0.1) is 24.7 Å². The third-order valence-corrected chi connectivity index (χ3v) is 7.83. The molecule has 0 aromatic heterocycles. The summed E-state index contributed by atoms with van der Waals surface area (Å²) in [5, 5.41) is 5.12. The quantitative estimate of drug-likeness (QED) is 0.0765. The van der Waals surface area contributed by atoms with E-state index in [1.54, 1.807) is 6.08 Å². The lowest BCUT2D eigenvalue weighted by atomic mass is 9.91. The summed E-state index contributed by atoms with van der Waals surface area (Å²) < 4.78 is 0. The van der Waals surface area contributed by atoms with E-state index in [1.165, 1.54) is 56.1 Å². The molecular weight excluding hydrogens is 494 g/mol. The normalized spacial score (nSPS) is 13.7. The average molecular weight is 558 g/mol. The Hall–Kier alpha value is -1.69. The maximum Gasteiger partial charge on any atom is 0.349 e. The van der Waals surface area contributed by atoms with Crippen LogP contribution < -0.4 is 11.1 Å². The van der Waals surface area contributed by atoms with Gasteiger partial charge in [-0.1, -0.05) is 108 Å². The molecule has 0 aliphatic carbocycles. The smallest absolute Gasteiger partial charge is 0.349 e. The van der Waals surface area contributed by atoms with E-state index in [4.69, 9.17) is 10.6 Å². The second kappa shape index (κ2) is 22.9. The van der Waals surface area contributed by atoms with Crippen molar-refractivity contribution < 1.29 is 9.63 Å². The van der Waals surface area contributed by atoms with E-state index in [1.807, 2.05) is 5.06 Å². The van der Waals surface area contributed by atoms with E-state index < -0.39 is 0 Å². The third kappa shape index (κ3) is 20.2. The van der Waals surface area contributed by atoms with Crippen LogP contribution in [-0.4, -0.2) is 43.8 Å². The van der Waals surface area contributed by atoms with Gasteiger partial charge < -0.3 is 15.9 Å². The average Bonchev–Trinajstić information content (AvgIpc) is 2.89. The Balaban J connectivity index is 2.33. The minimum Gasteiger partial charge on any atom is -0.364 e. The lowest BCUT2D eigenvalue weighted by Gasteiger charge is -2.21. The molecule has 1 aromatic carbocycles. The topological polar surface area (TPSA) is 67.6 Å². The van der Waals surface area contributed by atoms with Gasteiger partial charge in [0, 0.05) is 38.8 Å². The lowest BCUT2D eigenvalue weighted by molar-refractivity contribution is -0.184. The lowest BCUT2D eigenvalue weighted by Crippen LogP contribution is -2.36. The van der Waals surface area contributed by atoms with E-state index in [-0.39, 0.29) is 5.97 Å². The van der Waals surface area contributed by atoms with Crippen LogP contribution in [0.15, 0.2) is 35.9 Å². The predicted octanol–water partition coefficient (Wildman–Crippen LogP) is 8.01. The van der Waals surface area contributed by atoms with Crippen molar-refractivity contribution in [2.75, 3.05) is 32.7 Å². The number of nitrogens with one attached hydrogen (secondary N) is 1. The van der Waals surface area contributed by atoms with Crippen LogP contribution in [0.1, 0.15) is 116 Å². The number of hydrogen-bond donors (Lipinski definition) is 2. The molecule has 0 aliphatic heterocycles. The van der Waals surface area contributed by atoms with Gasteiger partial charge in [-0.15, -0.1) is 5.06 Å². The number of carbonyl (C=O) groups is 1. The molecule has 40 heavy (non-hydrogen) atoms.